The standard InChI is InChI=1S/C56H107N2O6P/c1-6-8-10-12-14-16-18-20-22-24-26-28-29-30-32-34-36-38-40-42-44-46-48-50-56(60)57-54(53-64-65(61,62)63-52-51-58(3,4)5)55(59)49-47-45-43-41-39-37-35-33-31-27-25-23-21-19-17-15-13-11-9-7-2/h26,28,30,32,39,41,47,49,54-55,59H,6-25,27,29,31,33-38,40,42-46,48,50-53H2,1-5H3,(H-,57,60,61,62)/p+1/b28-26-,32-30-,41-39+,49-47+. The van der Waals surface area contributed by atoms with Crippen LogP contribution >= 0.6 is 7.82 Å². The number of carbonyl (C=O) groups is 1. The third-order valence-corrected chi connectivity index (χ3v) is 13.3. The van der Waals surface area contributed by atoms with Crippen molar-refractivity contribution in [1.82, 2.24) is 5.32 Å². The largest absolute Gasteiger partial charge is 0.472 e. The number of unbranched alkanes of at least 4 members (excludes halogenated alkanes) is 31. The smallest absolute Gasteiger partial charge is 0.387 e. The van der Waals surface area contributed by atoms with Gasteiger partial charge in [-0.3, -0.25) is 13.8 Å². The fourth-order valence-corrected chi connectivity index (χ4v) is 8.65. The molecule has 3 N–H and O–H groups in total. The summed E-state index contributed by atoms with van der Waals surface area (Å²) in [6.45, 7) is 4.81. The Hall–Kier alpha value is -1.54. The lowest BCUT2D eigenvalue weighted by atomic mass is 10.0. The number of aliphatic hydroxyl groups excluding tert-OH is 1. The highest BCUT2D eigenvalue weighted by Crippen LogP contribution is 2.43. The predicted molar refractivity (Wildman–Crippen MR) is 281 cm³/mol. The quantitative estimate of drug-likeness (QED) is 0.0243. The van der Waals surface area contributed by atoms with E-state index in [4.69, 9.17) is 9.05 Å². The number of phosphoric acid groups is 1. The van der Waals surface area contributed by atoms with Gasteiger partial charge in [0.1, 0.15) is 13.2 Å². The molecule has 1 amide bonds. The van der Waals surface area contributed by atoms with Gasteiger partial charge in [-0.1, -0.05) is 229 Å². The zero-order valence-electron chi connectivity index (χ0n) is 43.5. The molecule has 0 aromatic heterocycles. The highest BCUT2D eigenvalue weighted by atomic mass is 31.2. The van der Waals surface area contributed by atoms with Crippen molar-refractivity contribution in [3.63, 3.8) is 0 Å². The van der Waals surface area contributed by atoms with E-state index in [0.29, 0.717) is 17.4 Å². The average Bonchev–Trinajstić information content (AvgIpc) is 3.26. The third-order valence-electron chi connectivity index (χ3n) is 12.3. The Kier molecular flexibility index (Phi) is 46.4. The minimum atomic E-state index is -4.36. The Bertz CT molecular complexity index is 1200. The van der Waals surface area contributed by atoms with Gasteiger partial charge in [-0.25, -0.2) is 4.57 Å². The number of quaternary nitrogens is 1. The molecule has 0 aliphatic carbocycles. The summed E-state index contributed by atoms with van der Waals surface area (Å²) in [5.41, 5.74) is 0. The van der Waals surface area contributed by atoms with Gasteiger partial charge in [-0.2, -0.15) is 0 Å². The molecular formula is C56H108N2O6P+. The normalized spacial score (nSPS) is 14.4. The highest BCUT2D eigenvalue weighted by Gasteiger charge is 2.27. The van der Waals surface area contributed by atoms with Crippen LogP contribution in [0, 0.1) is 0 Å². The molecule has 0 fully saturated rings. The second-order valence-electron chi connectivity index (χ2n) is 19.9. The highest BCUT2D eigenvalue weighted by molar-refractivity contribution is 7.47. The monoisotopic (exact) mass is 936 g/mol. The maximum Gasteiger partial charge on any atom is 0.472 e. The number of nitrogens with one attached hydrogen (secondary N) is 1. The summed E-state index contributed by atoms with van der Waals surface area (Å²) < 4.78 is 23.7. The molecule has 0 rings (SSSR count). The third kappa shape index (κ3) is 50.2. The van der Waals surface area contributed by atoms with Crippen LogP contribution in [0.1, 0.15) is 251 Å². The lowest BCUT2D eigenvalue weighted by molar-refractivity contribution is -0.870. The van der Waals surface area contributed by atoms with Crippen LogP contribution in [0.25, 0.3) is 0 Å². The van der Waals surface area contributed by atoms with Gasteiger partial charge in [0.05, 0.1) is 39.9 Å². The summed E-state index contributed by atoms with van der Waals surface area (Å²) in [5, 5.41) is 13.9. The molecule has 3 atom stereocenters. The maximum absolute atomic E-state index is 13.0. The predicted octanol–water partition coefficient (Wildman–Crippen LogP) is 16.4. The van der Waals surface area contributed by atoms with E-state index in [1.54, 1.807) is 6.08 Å². The number of allylic oxidation sites excluding steroid dienone is 7. The lowest BCUT2D eigenvalue weighted by Gasteiger charge is -2.25. The van der Waals surface area contributed by atoms with Crippen LogP contribution in [0.15, 0.2) is 48.6 Å². The van der Waals surface area contributed by atoms with Gasteiger partial charge in [-0.15, -0.1) is 0 Å². The minimum Gasteiger partial charge on any atom is -0.387 e. The molecule has 0 heterocycles. The van der Waals surface area contributed by atoms with Crippen molar-refractivity contribution in [1.29, 1.82) is 0 Å². The van der Waals surface area contributed by atoms with Crippen molar-refractivity contribution in [3.8, 4) is 0 Å². The van der Waals surface area contributed by atoms with Gasteiger partial charge in [0.25, 0.3) is 0 Å². The van der Waals surface area contributed by atoms with Crippen LogP contribution in [-0.2, 0) is 18.4 Å². The SMILES string of the molecule is CCCCCCCCCCC/C=C\C/C=C\CCCCCCCCCC(=O)NC(COP(=O)(O)OCC[N+](C)(C)C)C(O)/C=C/CC/C=C/CCCCCCCCCCCCCCCC. The number of aliphatic hydroxyl groups is 1. The molecule has 0 radical (unpaired) electrons. The molecule has 0 saturated carbocycles. The molecular weight excluding hydrogens is 828 g/mol. The van der Waals surface area contributed by atoms with Crippen molar-refractivity contribution < 1.29 is 32.9 Å². The Labute approximate surface area is 403 Å². The topological polar surface area (TPSA) is 105 Å². The van der Waals surface area contributed by atoms with Crippen molar-refractivity contribution >= 4 is 13.7 Å². The van der Waals surface area contributed by atoms with Crippen molar-refractivity contribution in [2.75, 3.05) is 40.9 Å². The van der Waals surface area contributed by atoms with Crippen molar-refractivity contribution in [2.45, 2.75) is 264 Å². The Morgan fingerprint density at radius 2 is 0.892 bits per heavy atom. The molecule has 3 unspecified atom stereocenters. The first-order chi connectivity index (χ1) is 31.5. The van der Waals surface area contributed by atoms with E-state index >= 15 is 0 Å². The Morgan fingerprint density at radius 1 is 0.523 bits per heavy atom. The summed E-state index contributed by atoms with van der Waals surface area (Å²) in [6.07, 6.45) is 62.0. The molecule has 8 nitrogen and oxygen atoms in total. The van der Waals surface area contributed by atoms with Crippen LogP contribution in [0.3, 0.4) is 0 Å². The maximum atomic E-state index is 13.0. The summed E-state index contributed by atoms with van der Waals surface area (Å²) in [5.74, 6) is -0.193. The van der Waals surface area contributed by atoms with Crippen molar-refractivity contribution in [3.05, 3.63) is 48.6 Å². The molecule has 0 spiro atoms. The van der Waals surface area contributed by atoms with Crippen LogP contribution in [0.2, 0.25) is 0 Å². The molecule has 382 valence electrons. The van der Waals surface area contributed by atoms with Crippen LogP contribution in [0.4, 0.5) is 0 Å². The number of amides is 1. The summed E-state index contributed by atoms with van der Waals surface area (Å²) >= 11 is 0. The molecule has 0 saturated heterocycles. The Balaban J connectivity index is 4.32. The number of hydrogen-bond donors (Lipinski definition) is 3. The van der Waals surface area contributed by atoms with E-state index in [-0.39, 0.29) is 19.1 Å². The molecule has 0 aromatic carbocycles. The van der Waals surface area contributed by atoms with Crippen molar-refractivity contribution in [2.24, 2.45) is 0 Å². The molecule has 0 bridgehead atoms. The minimum absolute atomic E-state index is 0.0537. The first-order valence-corrected chi connectivity index (χ1v) is 29.0. The van der Waals surface area contributed by atoms with Crippen LogP contribution in [0.5, 0.6) is 0 Å². The van der Waals surface area contributed by atoms with Gasteiger partial charge in [0.15, 0.2) is 0 Å². The van der Waals surface area contributed by atoms with Gasteiger partial charge in [0, 0.05) is 6.42 Å². The number of carbonyl (C=O) groups excluding carboxylic acids is 1. The van der Waals surface area contributed by atoms with E-state index in [1.165, 1.54) is 180 Å². The zero-order valence-corrected chi connectivity index (χ0v) is 44.4. The average molecular weight is 936 g/mol. The van der Waals surface area contributed by atoms with Gasteiger partial charge < -0.3 is 19.8 Å². The van der Waals surface area contributed by atoms with E-state index in [9.17, 15) is 19.4 Å². The second kappa shape index (κ2) is 47.5. The molecule has 65 heavy (non-hydrogen) atoms. The first kappa shape index (κ1) is 63.5. The fourth-order valence-electron chi connectivity index (χ4n) is 7.91. The molecule has 9 heteroatoms. The molecule has 0 aliphatic rings. The summed E-state index contributed by atoms with van der Waals surface area (Å²) in [4.78, 5) is 23.3. The van der Waals surface area contributed by atoms with E-state index in [1.807, 2.05) is 27.2 Å². The van der Waals surface area contributed by atoms with Gasteiger partial charge >= 0.3 is 7.82 Å². The molecule has 0 aliphatic heterocycles. The summed E-state index contributed by atoms with van der Waals surface area (Å²) in [6, 6.07) is -0.869. The molecule has 0 aromatic rings. The van der Waals surface area contributed by atoms with Crippen LogP contribution < -0.4 is 5.32 Å². The number of phosphoric ester groups is 1. The first-order valence-electron chi connectivity index (χ1n) is 27.5. The van der Waals surface area contributed by atoms with E-state index in [0.717, 1.165) is 51.4 Å². The van der Waals surface area contributed by atoms with Gasteiger partial charge in [0.2, 0.25) is 5.91 Å². The zero-order chi connectivity index (χ0) is 47.8. The summed E-state index contributed by atoms with van der Waals surface area (Å²) in [7, 11) is 1.55. The number of hydrogen-bond acceptors (Lipinski definition) is 5. The fraction of sp³-hybridized carbons (Fsp3) is 0.839. The number of likely N-dealkylation sites (N-methyl/N-ethyl adjacent to an activating group) is 1. The Morgan fingerprint density at radius 3 is 1.32 bits per heavy atom. The van der Waals surface area contributed by atoms with E-state index in [2.05, 4.69) is 55.6 Å². The number of nitrogens with zero attached hydrogens (tertiary/aromatic N) is 1. The number of rotatable bonds is 50. The second-order valence-corrected chi connectivity index (χ2v) is 21.4. The lowest BCUT2D eigenvalue weighted by Crippen LogP contribution is -2.45. The van der Waals surface area contributed by atoms with Gasteiger partial charge in [-0.05, 0) is 64.2 Å². The van der Waals surface area contributed by atoms with E-state index < -0.39 is 20.0 Å². The van der Waals surface area contributed by atoms with Crippen LogP contribution in [-0.4, -0.2) is 73.4 Å².